The second kappa shape index (κ2) is 6.36. The van der Waals surface area contributed by atoms with E-state index < -0.39 is 0 Å². The van der Waals surface area contributed by atoms with Gasteiger partial charge in [-0.05, 0) is 60.6 Å². The molecule has 0 fully saturated rings. The van der Waals surface area contributed by atoms with Gasteiger partial charge in [0, 0.05) is 24.3 Å². The zero-order valence-corrected chi connectivity index (χ0v) is 17.1. The molecule has 0 saturated carbocycles. The van der Waals surface area contributed by atoms with Crippen LogP contribution in [-0.2, 0) is 14.1 Å². The van der Waals surface area contributed by atoms with E-state index in [0.29, 0.717) is 0 Å². The van der Waals surface area contributed by atoms with Crippen LogP contribution in [0.2, 0.25) is 0 Å². The lowest BCUT2D eigenvalue weighted by atomic mass is 9.86. The summed E-state index contributed by atoms with van der Waals surface area (Å²) in [4.78, 5) is 0. The van der Waals surface area contributed by atoms with Crippen LogP contribution >= 0.6 is 0 Å². The van der Waals surface area contributed by atoms with E-state index in [1.807, 2.05) is 0 Å². The van der Waals surface area contributed by atoms with Crippen molar-refractivity contribution in [3.63, 3.8) is 0 Å². The quantitative estimate of drug-likeness (QED) is 0.272. The van der Waals surface area contributed by atoms with Gasteiger partial charge in [-0.3, -0.25) is 0 Å². The highest BCUT2D eigenvalue weighted by Gasteiger charge is 2.17. The monoisotopic (exact) mass is 386 g/mol. The number of rotatable bonds is 2. The summed E-state index contributed by atoms with van der Waals surface area (Å²) in [5.74, 6) is 0. The molecule has 0 aliphatic rings. The van der Waals surface area contributed by atoms with Gasteiger partial charge in [-0.25, -0.2) is 9.13 Å². The highest BCUT2D eigenvalue weighted by molar-refractivity contribution is 6.28. The molecule has 0 amide bonds. The van der Waals surface area contributed by atoms with Crippen molar-refractivity contribution in [2.75, 3.05) is 0 Å². The van der Waals surface area contributed by atoms with Crippen LogP contribution < -0.4 is 9.13 Å². The van der Waals surface area contributed by atoms with Crippen molar-refractivity contribution in [3.05, 3.63) is 97.6 Å². The number of pyridine rings is 2. The fraction of sp³-hybridized carbons (Fsp3) is 0.0714. The van der Waals surface area contributed by atoms with E-state index in [9.17, 15) is 0 Å². The molecule has 2 aromatic heterocycles. The number of hydrogen-bond donors (Lipinski definition) is 0. The first-order chi connectivity index (χ1) is 14.7. The topological polar surface area (TPSA) is 7.76 Å². The van der Waals surface area contributed by atoms with Crippen molar-refractivity contribution in [1.29, 1.82) is 0 Å². The molecular formula is C28H22N2+2. The first kappa shape index (κ1) is 17.1. The number of hydrogen-bond acceptors (Lipinski definition) is 0. The van der Waals surface area contributed by atoms with Gasteiger partial charge in [-0.2, -0.15) is 0 Å². The van der Waals surface area contributed by atoms with Gasteiger partial charge in [-0.1, -0.05) is 42.5 Å². The van der Waals surface area contributed by atoms with Gasteiger partial charge < -0.3 is 0 Å². The molecule has 0 spiro atoms. The minimum absolute atomic E-state index is 1.24. The van der Waals surface area contributed by atoms with Gasteiger partial charge in [-0.15, -0.1) is 0 Å². The van der Waals surface area contributed by atoms with E-state index >= 15 is 0 Å². The Labute approximate surface area is 175 Å². The maximum Gasteiger partial charge on any atom is 0.169 e. The van der Waals surface area contributed by atoms with Crippen LogP contribution in [0, 0.1) is 0 Å². The first-order valence-electron chi connectivity index (χ1n) is 10.3. The minimum atomic E-state index is 1.24. The van der Waals surface area contributed by atoms with E-state index in [2.05, 4.69) is 121 Å². The van der Waals surface area contributed by atoms with Crippen LogP contribution in [0.25, 0.3) is 54.6 Å². The summed E-state index contributed by atoms with van der Waals surface area (Å²) in [6.07, 6.45) is 8.48. The Hall–Kier alpha value is -3.78. The molecule has 0 unspecified atom stereocenters. The minimum Gasteiger partial charge on any atom is -0.208 e. The molecule has 0 bridgehead atoms. The lowest BCUT2D eigenvalue weighted by Crippen LogP contribution is -2.25. The third kappa shape index (κ3) is 2.50. The molecule has 6 aromatic rings. The SMILES string of the molecule is C[n+]1ccc(-c2cc(-c3cc[n+](C)cc3)c3ccc4cccc5ccc2c3c54)cc1. The Balaban J connectivity index is 1.81. The Morgan fingerprint density at radius 3 is 1.43 bits per heavy atom. The van der Waals surface area contributed by atoms with Crippen LogP contribution in [0.15, 0.2) is 97.6 Å². The third-order valence-electron chi connectivity index (χ3n) is 6.22. The fourth-order valence-corrected chi connectivity index (χ4v) is 4.67. The molecule has 0 aliphatic heterocycles. The van der Waals surface area contributed by atoms with Crippen LogP contribution in [0.5, 0.6) is 0 Å². The second-order valence-electron chi connectivity index (χ2n) is 8.16. The van der Waals surface area contributed by atoms with Gasteiger partial charge in [0.05, 0.1) is 0 Å². The van der Waals surface area contributed by atoms with Crippen LogP contribution in [0.1, 0.15) is 0 Å². The van der Waals surface area contributed by atoms with E-state index in [4.69, 9.17) is 0 Å². The van der Waals surface area contributed by atoms with Crippen molar-refractivity contribution < 1.29 is 9.13 Å². The Morgan fingerprint density at radius 1 is 0.500 bits per heavy atom. The lowest BCUT2D eigenvalue weighted by molar-refractivity contribution is -0.671. The number of nitrogens with zero attached hydrogens (tertiary/aromatic N) is 2. The predicted molar refractivity (Wildman–Crippen MR) is 123 cm³/mol. The summed E-state index contributed by atoms with van der Waals surface area (Å²) in [6.45, 7) is 0. The summed E-state index contributed by atoms with van der Waals surface area (Å²) >= 11 is 0. The average molecular weight is 386 g/mol. The fourth-order valence-electron chi connectivity index (χ4n) is 4.67. The third-order valence-corrected chi connectivity index (χ3v) is 6.22. The van der Waals surface area contributed by atoms with E-state index in [1.165, 1.54) is 54.6 Å². The van der Waals surface area contributed by atoms with Crippen LogP contribution in [0.4, 0.5) is 0 Å². The van der Waals surface area contributed by atoms with Crippen LogP contribution in [0.3, 0.4) is 0 Å². The molecule has 0 radical (unpaired) electrons. The molecule has 0 aliphatic carbocycles. The zero-order valence-electron chi connectivity index (χ0n) is 17.1. The molecule has 30 heavy (non-hydrogen) atoms. The predicted octanol–water partition coefficient (Wildman–Crippen LogP) is 5.57. The molecule has 2 heteroatoms. The normalized spacial score (nSPS) is 11.7. The van der Waals surface area contributed by atoms with E-state index in [1.54, 1.807) is 0 Å². The van der Waals surface area contributed by atoms with Crippen molar-refractivity contribution in [1.82, 2.24) is 0 Å². The number of aryl methyl sites for hydroxylation is 2. The molecule has 4 aromatic carbocycles. The largest absolute Gasteiger partial charge is 0.208 e. The molecule has 2 nitrogen and oxygen atoms in total. The Kier molecular flexibility index (Phi) is 3.63. The molecule has 0 saturated heterocycles. The van der Waals surface area contributed by atoms with Gasteiger partial charge in [0.15, 0.2) is 24.8 Å². The molecule has 2 heterocycles. The highest BCUT2D eigenvalue weighted by Crippen LogP contribution is 2.43. The van der Waals surface area contributed by atoms with Gasteiger partial charge in [0.1, 0.15) is 14.1 Å². The van der Waals surface area contributed by atoms with Crippen molar-refractivity contribution in [2.45, 2.75) is 0 Å². The molecule has 6 rings (SSSR count). The van der Waals surface area contributed by atoms with Gasteiger partial charge in [0.25, 0.3) is 0 Å². The summed E-state index contributed by atoms with van der Waals surface area (Å²) in [7, 11) is 4.12. The van der Waals surface area contributed by atoms with E-state index in [-0.39, 0.29) is 0 Å². The number of benzene rings is 4. The lowest BCUT2D eigenvalue weighted by Gasteiger charge is -2.17. The van der Waals surface area contributed by atoms with E-state index in [0.717, 1.165) is 0 Å². The molecule has 0 atom stereocenters. The van der Waals surface area contributed by atoms with Crippen LogP contribution in [-0.4, -0.2) is 0 Å². The zero-order chi connectivity index (χ0) is 20.2. The number of aromatic nitrogens is 2. The molecular weight excluding hydrogens is 364 g/mol. The van der Waals surface area contributed by atoms with Crippen molar-refractivity contribution in [3.8, 4) is 22.3 Å². The summed E-state index contributed by atoms with van der Waals surface area (Å²) < 4.78 is 4.16. The standard InChI is InChI=1S/C28H22N2/c1-29-14-10-19(11-15-29)25-18-26(20-12-16-30(2)17-13-20)24-9-7-22-5-3-4-21-6-8-23(25)28(24)27(21)22/h3-18H,1-2H3/q+2. The first-order valence-corrected chi connectivity index (χ1v) is 10.3. The maximum atomic E-state index is 2.37. The highest BCUT2D eigenvalue weighted by atomic mass is 14.9. The van der Waals surface area contributed by atoms with Crippen molar-refractivity contribution >= 4 is 32.3 Å². The average Bonchev–Trinajstić information content (AvgIpc) is 2.78. The Bertz CT molecular complexity index is 1420. The maximum absolute atomic E-state index is 2.37. The summed E-state index contributed by atoms with van der Waals surface area (Å²) in [6, 6.07) is 26.9. The van der Waals surface area contributed by atoms with Gasteiger partial charge in [0.2, 0.25) is 0 Å². The summed E-state index contributed by atoms with van der Waals surface area (Å²) in [5, 5.41) is 7.94. The second-order valence-corrected chi connectivity index (χ2v) is 8.16. The Morgan fingerprint density at radius 2 is 0.967 bits per heavy atom. The van der Waals surface area contributed by atoms with Crippen molar-refractivity contribution in [2.24, 2.45) is 14.1 Å². The molecule has 0 N–H and O–H groups in total. The summed E-state index contributed by atoms with van der Waals surface area (Å²) in [5.41, 5.74) is 5.05. The molecule has 142 valence electrons. The smallest absolute Gasteiger partial charge is 0.169 e. The van der Waals surface area contributed by atoms with Gasteiger partial charge >= 0.3 is 0 Å².